The van der Waals surface area contributed by atoms with Crippen molar-refractivity contribution in [1.29, 1.82) is 0 Å². The van der Waals surface area contributed by atoms with Crippen LogP contribution in [0.4, 0.5) is 0 Å². The lowest BCUT2D eigenvalue weighted by molar-refractivity contribution is -0.137. The molecule has 9 nitrogen and oxygen atoms in total. The number of ketones is 1. The number of aromatic hydroxyl groups is 1. The summed E-state index contributed by atoms with van der Waals surface area (Å²) in [6, 6.07) is 5.96. The molecule has 0 aliphatic heterocycles. The highest BCUT2D eigenvalue weighted by Gasteiger charge is 2.33. The molecule has 13 heteroatoms. The predicted octanol–water partition coefficient (Wildman–Crippen LogP) is 2.90. The zero-order chi connectivity index (χ0) is 23.9. The number of carboxylic acid groups (broad SMARTS) is 1. The Morgan fingerprint density at radius 1 is 0.844 bits per heavy atom. The minimum absolute atomic E-state index is 0.133. The van der Waals surface area contributed by atoms with Crippen molar-refractivity contribution in [3.63, 3.8) is 0 Å². The van der Waals surface area contributed by atoms with Gasteiger partial charge >= 0.3 is 11.7 Å². The molecule has 3 rings (SSSR count). The lowest BCUT2D eigenvalue weighted by Gasteiger charge is -2.18. The molecule has 32 heavy (non-hydrogen) atoms. The number of aliphatic carboxylic acids is 1. The molecule has 1 unspecified atom stereocenters. The van der Waals surface area contributed by atoms with Gasteiger partial charge in [0, 0.05) is 0 Å². The van der Waals surface area contributed by atoms with Gasteiger partial charge in [0.2, 0.25) is 11.7 Å². The topological polar surface area (TPSA) is 145 Å². The van der Waals surface area contributed by atoms with Crippen molar-refractivity contribution < 1.29 is 19.8 Å². The number of nitrogens with zero attached hydrogens (tertiary/aromatic N) is 2. The van der Waals surface area contributed by atoms with E-state index in [-0.39, 0.29) is 31.5 Å². The number of hydrogen-bond acceptors (Lipinski definition) is 6. The molecule has 3 aromatic rings. The number of nitrogens with two attached hydrogens (primary N) is 1. The van der Waals surface area contributed by atoms with Gasteiger partial charge in [0.15, 0.2) is 6.04 Å². The molecule has 0 aliphatic carbocycles. The van der Waals surface area contributed by atoms with Gasteiger partial charge in [-0.05, 0) is 24.3 Å². The van der Waals surface area contributed by atoms with Gasteiger partial charge in [-0.3, -0.25) is 14.4 Å². The van der Waals surface area contributed by atoms with Crippen LogP contribution in [0.15, 0.2) is 46.0 Å². The summed E-state index contributed by atoms with van der Waals surface area (Å²) in [5, 5.41) is 19.3. The van der Waals surface area contributed by atoms with E-state index in [2.05, 4.69) is 0 Å². The molecule has 0 aliphatic rings. The average molecular weight is 519 g/mol. The van der Waals surface area contributed by atoms with Gasteiger partial charge in [0.1, 0.15) is 5.56 Å². The Bertz CT molecular complexity index is 1360. The van der Waals surface area contributed by atoms with E-state index in [1.165, 1.54) is 36.4 Å². The molecule has 4 N–H and O–H groups in total. The van der Waals surface area contributed by atoms with Crippen LogP contribution in [0.3, 0.4) is 0 Å². The number of benzene rings is 2. The van der Waals surface area contributed by atoms with E-state index in [1.54, 1.807) is 0 Å². The highest BCUT2D eigenvalue weighted by Crippen LogP contribution is 2.32. The van der Waals surface area contributed by atoms with E-state index < -0.39 is 40.5 Å². The summed E-state index contributed by atoms with van der Waals surface area (Å²) in [6.45, 7) is 0. The number of aromatic nitrogens is 2. The predicted molar refractivity (Wildman–Crippen MR) is 119 cm³/mol. The van der Waals surface area contributed by atoms with E-state index in [4.69, 9.17) is 57.2 Å². The van der Waals surface area contributed by atoms with Crippen molar-refractivity contribution in [2.45, 2.75) is 6.04 Å². The standard InChI is InChI=1S/C19H11Cl4N3O6/c20-7-3-1-4-8(21)13(7)25-16(28)11(15(27)12(24)18(30)31)17(29)26(19(25)32)14-9(22)5-2-6-10(14)23/h1-6,12,28H,24H2,(H,30,31). The summed E-state index contributed by atoms with van der Waals surface area (Å²) < 4.78 is 0.860. The fourth-order valence-electron chi connectivity index (χ4n) is 2.88. The number of carboxylic acids is 1. The second kappa shape index (κ2) is 8.97. The van der Waals surface area contributed by atoms with Crippen LogP contribution in [0.25, 0.3) is 11.4 Å². The van der Waals surface area contributed by atoms with Gasteiger partial charge in [-0.1, -0.05) is 58.5 Å². The average Bonchev–Trinajstić information content (AvgIpc) is 2.71. The molecule has 0 saturated heterocycles. The first kappa shape index (κ1) is 23.8. The Hall–Kier alpha value is -2.82. The zero-order valence-corrected chi connectivity index (χ0v) is 18.6. The number of halogens is 4. The molecule has 0 spiro atoms. The highest BCUT2D eigenvalue weighted by atomic mass is 35.5. The van der Waals surface area contributed by atoms with Gasteiger partial charge in [0.05, 0.1) is 31.5 Å². The fraction of sp³-hybridized carbons (Fsp3) is 0.0526. The largest absolute Gasteiger partial charge is 0.493 e. The van der Waals surface area contributed by atoms with E-state index in [1.807, 2.05) is 0 Å². The molecular weight excluding hydrogens is 508 g/mol. The van der Waals surface area contributed by atoms with Crippen LogP contribution in [-0.2, 0) is 4.79 Å². The zero-order valence-electron chi connectivity index (χ0n) is 15.6. The van der Waals surface area contributed by atoms with Crippen LogP contribution < -0.4 is 17.0 Å². The summed E-state index contributed by atoms with van der Waals surface area (Å²) in [6.07, 6.45) is 0. The van der Waals surface area contributed by atoms with Crippen molar-refractivity contribution in [1.82, 2.24) is 9.13 Å². The number of rotatable bonds is 5. The first-order chi connectivity index (χ1) is 15.0. The molecule has 0 radical (unpaired) electrons. The summed E-state index contributed by atoms with van der Waals surface area (Å²) in [5.74, 6) is -4.46. The van der Waals surface area contributed by atoms with Gasteiger partial charge in [-0.2, -0.15) is 0 Å². The maximum Gasteiger partial charge on any atom is 0.343 e. The quantitative estimate of drug-likeness (QED) is 0.347. The second-order valence-electron chi connectivity index (χ2n) is 6.28. The van der Waals surface area contributed by atoms with Crippen LogP contribution in [0.1, 0.15) is 10.4 Å². The van der Waals surface area contributed by atoms with Crippen LogP contribution >= 0.6 is 46.4 Å². The molecule has 2 aromatic carbocycles. The number of para-hydroxylation sites is 2. The van der Waals surface area contributed by atoms with E-state index >= 15 is 0 Å². The molecule has 166 valence electrons. The molecule has 0 amide bonds. The summed E-state index contributed by atoms with van der Waals surface area (Å²) >= 11 is 24.6. The van der Waals surface area contributed by atoms with Crippen molar-refractivity contribution >= 4 is 58.2 Å². The summed E-state index contributed by atoms with van der Waals surface area (Å²) in [7, 11) is 0. The maximum absolute atomic E-state index is 13.4. The van der Waals surface area contributed by atoms with Crippen LogP contribution in [0.2, 0.25) is 20.1 Å². The first-order valence-electron chi connectivity index (χ1n) is 8.51. The van der Waals surface area contributed by atoms with E-state index in [9.17, 15) is 24.3 Å². The molecule has 0 saturated carbocycles. The third-order valence-corrected chi connectivity index (χ3v) is 5.57. The smallest absolute Gasteiger partial charge is 0.343 e. The van der Waals surface area contributed by atoms with Gasteiger partial charge in [0.25, 0.3) is 5.56 Å². The van der Waals surface area contributed by atoms with Crippen molar-refractivity contribution in [2.75, 3.05) is 0 Å². The first-order valence-corrected chi connectivity index (χ1v) is 10.0. The van der Waals surface area contributed by atoms with Crippen molar-refractivity contribution in [3.8, 4) is 17.3 Å². The lowest BCUT2D eigenvalue weighted by atomic mass is 10.1. The Kier molecular flexibility index (Phi) is 6.68. The fourth-order valence-corrected chi connectivity index (χ4v) is 4.02. The van der Waals surface area contributed by atoms with Crippen LogP contribution in [0.5, 0.6) is 5.88 Å². The van der Waals surface area contributed by atoms with Gasteiger partial charge in [-0.25, -0.2) is 13.9 Å². The van der Waals surface area contributed by atoms with Gasteiger partial charge < -0.3 is 15.9 Å². The van der Waals surface area contributed by atoms with Crippen LogP contribution in [0, 0.1) is 0 Å². The molecule has 1 atom stereocenters. The van der Waals surface area contributed by atoms with E-state index in [0.717, 1.165) is 0 Å². The summed E-state index contributed by atoms with van der Waals surface area (Å²) in [5.41, 5.74) is 1.02. The monoisotopic (exact) mass is 517 g/mol. The lowest BCUT2D eigenvalue weighted by Crippen LogP contribution is -2.46. The Morgan fingerprint density at radius 3 is 1.66 bits per heavy atom. The molecule has 0 bridgehead atoms. The maximum atomic E-state index is 13.4. The van der Waals surface area contributed by atoms with Crippen LogP contribution in [-0.4, -0.2) is 37.1 Å². The minimum atomic E-state index is -2.23. The SMILES string of the molecule is NC(C(=O)O)C(=O)c1c(O)n(-c2c(Cl)cccc2Cl)c(=O)n(-c2c(Cl)cccc2Cl)c1=O. The second-order valence-corrected chi connectivity index (χ2v) is 7.91. The highest BCUT2D eigenvalue weighted by molar-refractivity contribution is 6.38. The minimum Gasteiger partial charge on any atom is -0.493 e. The summed E-state index contributed by atoms with van der Waals surface area (Å²) in [4.78, 5) is 50.5. The number of carbonyl (C=O) groups excluding carboxylic acids is 1. The van der Waals surface area contributed by atoms with Crippen molar-refractivity contribution in [2.24, 2.45) is 5.73 Å². The molecule has 1 heterocycles. The van der Waals surface area contributed by atoms with E-state index in [0.29, 0.717) is 9.13 Å². The Balaban J connectivity index is 2.59. The Labute approximate surface area is 198 Å². The molecule has 1 aromatic heterocycles. The third-order valence-electron chi connectivity index (χ3n) is 4.35. The number of hydrogen-bond donors (Lipinski definition) is 3. The molecular formula is C19H11Cl4N3O6. The Morgan fingerprint density at radius 2 is 1.25 bits per heavy atom. The van der Waals surface area contributed by atoms with Crippen molar-refractivity contribution in [3.05, 3.63) is 82.9 Å². The number of carbonyl (C=O) groups is 2. The van der Waals surface area contributed by atoms with Gasteiger partial charge in [-0.15, -0.1) is 0 Å². The normalized spacial score (nSPS) is 11.9. The molecule has 0 fully saturated rings. The third kappa shape index (κ3) is 3.89. The number of Topliss-reactive ketones (excluding diaryl/α,β-unsaturated/α-hetero) is 1.